The Morgan fingerprint density at radius 3 is 2.59 bits per heavy atom. The summed E-state index contributed by atoms with van der Waals surface area (Å²) in [7, 11) is 0. The van der Waals surface area contributed by atoms with Gasteiger partial charge >= 0.3 is 6.01 Å². The van der Waals surface area contributed by atoms with Gasteiger partial charge in [0.15, 0.2) is 11.4 Å². The van der Waals surface area contributed by atoms with E-state index in [0.29, 0.717) is 31.6 Å². The summed E-state index contributed by atoms with van der Waals surface area (Å²) in [6.07, 6.45) is 5.43. The van der Waals surface area contributed by atoms with Gasteiger partial charge in [0.2, 0.25) is 0 Å². The molecule has 0 spiro atoms. The van der Waals surface area contributed by atoms with Gasteiger partial charge in [-0.1, -0.05) is 13.3 Å². The molecule has 0 aliphatic carbocycles. The van der Waals surface area contributed by atoms with Gasteiger partial charge in [-0.05, 0) is 13.3 Å². The maximum absolute atomic E-state index is 5.62. The highest BCUT2D eigenvalue weighted by Crippen LogP contribution is 2.22. The molecule has 0 bridgehead atoms. The summed E-state index contributed by atoms with van der Waals surface area (Å²) < 4.78 is 16.2. The number of hydrogen-bond donors (Lipinski definition) is 0. The van der Waals surface area contributed by atoms with Crippen LogP contribution in [-0.2, 0) is 4.74 Å². The Balaban J connectivity index is 1.84. The molecular weight excluding hydrogens is 220 g/mol. The SMILES string of the molecule is CCCCOc1cnc(OC2(C)COC2)nc1. The number of unbranched alkanes of at least 4 members (excludes halogenated alkanes) is 1. The van der Waals surface area contributed by atoms with Crippen LogP contribution in [-0.4, -0.2) is 35.4 Å². The molecule has 94 valence electrons. The molecule has 0 radical (unpaired) electrons. The van der Waals surface area contributed by atoms with Crippen molar-refractivity contribution in [3.8, 4) is 11.8 Å². The topological polar surface area (TPSA) is 53.5 Å². The highest BCUT2D eigenvalue weighted by Gasteiger charge is 2.36. The minimum Gasteiger partial charge on any atom is -0.490 e. The average molecular weight is 238 g/mol. The van der Waals surface area contributed by atoms with Crippen molar-refractivity contribution in [1.29, 1.82) is 0 Å². The Morgan fingerprint density at radius 2 is 2.06 bits per heavy atom. The summed E-state index contributed by atoms with van der Waals surface area (Å²) in [5.41, 5.74) is -0.273. The number of nitrogens with zero attached hydrogens (tertiary/aromatic N) is 2. The van der Waals surface area contributed by atoms with Crippen LogP contribution in [0.4, 0.5) is 0 Å². The molecular formula is C12H18N2O3. The minimum absolute atomic E-state index is 0.273. The normalized spacial score (nSPS) is 17.3. The zero-order valence-corrected chi connectivity index (χ0v) is 10.3. The molecule has 0 aromatic carbocycles. The zero-order valence-electron chi connectivity index (χ0n) is 10.3. The third kappa shape index (κ3) is 3.30. The first kappa shape index (κ1) is 12.1. The largest absolute Gasteiger partial charge is 0.490 e. The van der Waals surface area contributed by atoms with Crippen LogP contribution in [0.1, 0.15) is 26.7 Å². The van der Waals surface area contributed by atoms with Crippen LogP contribution in [0.3, 0.4) is 0 Å². The highest BCUT2D eigenvalue weighted by molar-refractivity contribution is 5.14. The predicted octanol–water partition coefficient (Wildman–Crippen LogP) is 1.82. The van der Waals surface area contributed by atoms with Crippen molar-refractivity contribution >= 4 is 0 Å². The molecule has 1 aromatic rings. The molecule has 1 saturated heterocycles. The van der Waals surface area contributed by atoms with Gasteiger partial charge in [-0.15, -0.1) is 0 Å². The lowest BCUT2D eigenvalue weighted by Gasteiger charge is -2.36. The third-order valence-corrected chi connectivity index (χ3v) is 2.52. The second-order valence-electron chi connectivity index (χ2n) is 4.45. The Labute approximate surface area is 101 Å². The van der Waals surface area contributed by atoms with E-state index in [4.69, 9.17) is 14.2 Å². The molecule has 1 aliphatic heterocycles. The average Bonchev–Trinajstić information content (AvgIpc) is 2.30. The fourth-order valence-corrected chi connectivity index (χ4v) is 1.43. The van der Waals surface area contributed by atoms with Gasteiger partial charge in [0.05, 0.1) is 32.2 Å². The van der Waals surface area contributed by atoms with Crippen molar-refractivity contribution < 1.29 is 14.2 Å². The van der Waals surface area contributed by atoms with Crippen molar-refractivity contribution in [3.05, 3.63) is 12.4 Å². The number of aromatic nitrogens is 2. The van der Waals surface area contributed by atoms with Gasteiger partial charge in [0.25, 0.3) is 0 Å². The molecule has 1 fully saturated rings. The van der Waals surface area contributed by atoms with Crippen LogP contribution in [0.2, 0.25) is 0 Å². The van der Waals surface area contributed by atoms with Crippen molar-refractivity contribution in [2.24, 2.45) is 0 Å². The van der Waals surface area contributed by atoms with E-state index in [0.717, 1.165) is 12.8 Å². The van der Waals surface area contributed by atoms with Gasteiger partial charge in [-0.2, -0.15) is 9.97 Å². The maximum atomic E-state index is 5.62. The smallest absolute Gasteiger partial charge is 0.317 e. The first-order valence-electron chi connectivity index (χ1n) is 5.93. The van der Waals surface area contributed by atoms with Gasteiger partial charge in [0, 0.05) is 0 Å². The lowest BCUT2D eigenvalue weighted by atomic mass is 10.1. The maximum Gasteiger partial charge on any atom is 0.317 e. The van der Waals surface area contributed by atoms with Gasteiger partial charge < -0.3 is 14.2 Å². The number of hydrogen-bond acceptors (Lipinski definition) is 5. The van der Waals surface area contributed by atoms with Crippen LogP contribution in [0, 0.1) is 0 Å². The van der Waals surface area contributed by atoms with E-state index in [9.17, 15) is 0 Å². The fraction of sp³-hybridized carbons (Fsp3) is 0.667. The first-order chi connectivity index (χ1) is 8.22. The molecule has 0 atom stereocenters. The molecule has 2 heterocycles. The fourth-order valence-electron chi connectivity index (χ4n) is 1.43. The minimum atomic E-state index is -0.273. The van der Waals surface area contributed by atoms with Crippen molar-refractivity contribution in [2.75, 3.05) is 19.8 Å². The van der Waals surface area contributed by atoms with Crippen molar-refractivity contribution in [1.82, 2.24) is 9.97 Å². The number of rotatable bonds is 6. The Morgan fingerprint density at radius 1 is 1.35 bits per heavy atom. The molecule has 5 nitrogen and oxygen atoms in total. The Kier molecular flexibility index (Phi) is 3.78. The lowest BCUT2D eigenvalue weighted by Crippen LogP contribution is -2.51. The molecule has 17 heavy (non-hydrogen) atoms. The second-order valence-corrected chi connectivity index (χ2v) is 4.45. The van der Waals surface area contributed by atoms with Gasteiger partial charge in [-0.25, -0.2) is 0 Å². The van der Waals surface area contributed by atoms with Gasteiger partial charge in [-0.3, -0.25) is 0 Å². The highest BCUT2D eigenvalue weighted by atomic mass is 16.6. The monoisotopic (exact) mass is 238 g/mol. The molecule has 2 rings (SSSR count). The van der Waals surface area contributed by atoms with E-state index in [-0.39, 0.29) is 5.60 Å². The Bertz CT molecular complexity index is 349. The van der Waals surface area contributed by atoms with Crippen LogP contribution in [0.5, 0.6) is 11.8 Å². The lowest BCUT2D eigenvalue weighted by molar-refractivity contribution is -0.153. The van der Waals surface area contributed by atoms with Gasteiger partial charge in [0.1, 0.15) is 0 Å². The van der Waals surface area contributed by atoms with Crippen LogP contribution >= 0.6 is 0 Å². The summed E-state index contributed by atoms with van der Waals surface area (Å²) in [6.45, 7) is 5.98. The molecule has 0 unspecified atom stereocenters. The van der Waals surface area contributed by atoms with Crippen molar-refractivity contribution in [3.63, 3.8) is 0 Å². The van der Waals surface area contributed by atoms with E-state index in [1.54, 1.807) is 12.4 Å². The summed E-state index contributed by atoms with van der Waals surface area (Å²) >= 11 is 0. The van der Waals surface area contributed by atoms with Crippen LogP contribution < -0.4 is 9.47 Å². The predicted molar refractivity (Wildman–Crippen MR) is 62.3 cm³/mol. The molecule has 5 heteroatoms. The molecule has 0 saturated carbocycles. The first-order valence-corrected chi connectivity index (χ1v) is 5.93. The molecule has 0 N–H and O–H groups in total. The third-order valence-electron chi connectivity index (χ3n) is 2.52. The van der Waals surface area contributed by atoms with E-state index in [1.165, 1.54) is 0 Å². The quantitative estimate of drug-likeness (QED) is 0.708. The van der Waals surface area contributed by atoms with Crippen molar-refractivity contribution in [2.45, 2.75) is 32.3 Å². The van der Waals surface area contributed by atoms with Crippen LogP contribution in [0.25, 0.3) is 0 Å². The van der Waals surface area contributed by atoms with E-state index in [2.05, 4.69) is 16.9 Å². The Hall–Kier alpha value is -1.36. The summed E-state index contributed by atoms with van der Waals surface area (Å²) in [5, 5.41) is 0. The standard InChI is InChI=1S/C12H18N2O3/c1-3-4-5-16-10-6-13-11(14-7-10)17-12(2)8-15-9-12/h6-7H,3-5,8-9H2,1-2H3. The van der Waals surface area contributed by atoms with E-state index >= 15 is 0 Å². The molecule has 1 aromatic heterocycles. The summed E-state index contributed by atoms with van der Waals surface area (Å²) in [5.74, 6) is 0.681. The molecule has 0 amide bonds. The number of ether oxygens (including phenoxy) is 3. The zero-order chi connectivity index (χ0) is 12.1. The second kappa shape index (κ2) is 5.31. The van der Waals surface area contributed by atoms with E-state index in [1.807, 2.05) is 6.92 Å². The van der Waals surface area contributed by atoms with E-state index < -0.39 is 0 Å². The van der Waals surface area contributed by atoms with Crippen LogP contribution in [0.15, 0.2) is 12.4 Å². The molecule has 1 aliphatic rings. The summed E-state index contributed by atoms with van der Waals surface area (Å²) in [6, 6.07) is 0.374. The summed E-state index contributed by atoms with van der Waals surface area (Å²) in [4.78, 5) is 8.22.